The number of hydrogen-bond acceptors (Lipinski definition) is 4. The van der Waals surface area contributed by atoms with Gasteiger partial charge in [0, 0.05) is 12.6 Å². The normalized spacial score (nSPS) is 24.5. The standard InChI is InChI=1S/C11H14N4OS/c16-4-7-1-2-8(3-7)15-6-14-9-10(15)12-5-13-11(9)17/h5-8,16H,1-4H2,(H,12,13,17). The fourth-order valence-electron chi connectivity index (χ4n) is 2.62. The zero-order chi connectivity index (χ0) is 11.8. The second-order valence-corrected chi connectivity index (χ2v) is 4.96. The van der Waals surface area contributed by atoms with E-state index < -0.39 is 0 Å². The van der Waals surface area contributed by atoms with Crippen LogP contribution in [-0.4, -0.2) is 31.2 Å². The number of nitrogens with one attached hydrogen (secondary N) is 1. The van der Waals surface area contributed by atoms with Crippen molar-refractivity contribution in [3.05, 3.63) is 17.3 Å². The fourth-order valence-corrected chi connectivity index (χ4v) is 2.82. The molecule has 2 aromatic heterocycles. The first-order valence-corrected chi connectivity index (χ1v) is 6.21. The van der Waals surface area contributed by atoms with E-state index >= 15 is 0 Å². The molecule has 5 nitrogen and oxygen atoms in total. The van der Waals surface area contributed by atoms with Crippen LogP contribution in [0.15, 0.2) is 12.7 Å². The minimum Gasteiger partial charge on any atom is -0.396 e. The third-order valence-electron chi connectivity index (χ3n) is 3.54. The Morgan fingerprint density at radius 2 is 2.35 bits per heavy atom. The quantitative estimate of drug-likeness (QED) is 0.798. The minimum absolute atomic E-state index is 0.278. The Morgan fingerprint density at radius 1 is 1.47 bits per heavy atom. The van der Waals surface area contributed by atoms with E-state index in [-0.39, 0.29) is 6.61 Å². The van der Waals surface area contributed by atoms with Gasteiger partial charge in [-0.15, -0.1) is 0 Å². The molecule has 3 rings (SSSR count). The first-order valence-electron chi connectivity index (χ1n) is 5.80. The summed E-state index contributed by atoms with van der Waals surface area (Å²) in [5, 5.41) is 9.18. The summed E-state index contributed by atoms with van der Waals surface area (Å²) < 4.78 is 2.66. The van der Waals surface area contributed by atoms with Crippen molar-refractivity contribution >= 4 is 23.4 Å². The van der Waals surface area contributed by atoms with Gasteiger partial charge in [0.2, 0.25) is 0 Å². The van der Waals surface area contributed by atoms with Crippen LogP contribution in [-0.2, 0) is 0 Å². The number of hydrogen-bond donors (Lipinski definition) is 2. The van der Waals surface area contributed by atoms with Crippen molar-refractivity contribution in [3.63, 3.8) is 0 Å². The zero-order valence-corrected chi connectivity index (χ0v) is 10.2. The van der Waals surface area contributed by atoms with Crippen LogP contribution < -0.4 is 0 Å². The highest BCUT2D eigenvalue weighted by Crippen LogP contribution is 2.35. The zero-order valence-electron chi connectivity index (χ0n) is 9.33. The minimum atomic E-state index is 0.278. The molecule has 2 atom stereocenters. The van der Waals surface area contributed by atoms with E-state index in [9.17, 15) is 5.11 Å². The van der Waals surface area contributed by atoms with Gasteiger partial charge in [-0.2, -0.15) is 0 Å². The molecule has 17 heavy (non-hydrogen) atoms. The predicted molar refractivity (Wildman–Crippen MR) is 66.2 cm³/mol. The molecule has 0 aromatic carbocycles. The summed E-state index contributed by atoms with van der Waals surface area (Å²) in [5.74, 6) is 0.419. The molecule has 2 unspecified atom stereocenters. The molecule has 0 saturated heterocycles. The number of rotatable bonds is 2. The SMILES string of the molecule is OCC1CCC(n2cnc3c(=S)nc[nH]c32)C1. The third-order valence-corrected chi connectivity index (χ3v) is 3.84. The average molecular weight is 250 g/mol. The molecule has 2 N–H and O–H groups in total. The van der Waals surface area contributed by atoms with Crippen LogP contribution in [0.3, 0.4) is 0 Å². The molecule has 0 bridgehead atoms. The Balaban J connectivity index is 2.02. The average Bonchev–Trinajstić information content (AvgIpc) is 2.94. The van der Waals surface area contributed by atoms with Crippen molar-refractivity contribution in [2.75, 3.05) is 6.61 Å². The van der Waals surface area contributed by atoms with Gasteiger partial charge in [0.15, 0.2) is 4.64 Å². The molecule has 2 aromatic rings. The van der Waals surface area contributed by atoms with E-state index in [2.05, 4.69) is 19.5 Å². The summed E-state index contributed by atoms with van der Waals surface area (Å²) in [6.45, 7) is 0.278. The predicted octanol–water partition coefficient (Wildman–Crippen LogP) is 1.82. The molecule has 1 fully saturated rings. The lowest BCUT2D eigenvalue weighted by molar-refractivity contribution is 0.226. The van der Waals surface area contributed by atoms with Crippen LogP contribution in [0.5, 0.6) is 0 Å². The molecule has 1 saturated carbocycles. The first-order chi connectivity index (χ1) is 8.29. The molecule has 0 amide bonds. The third kappa shape index (κ3) is 1.77. The second kappa shape index (κ2) is 4.19. The maximum absolute atomic E-state index is 9.18. The Kier molecular flexibility index (Phi) is 2.68. The summed E-state index contributed by atoms with van der Waals surface area (Å²) >= 11 is 5.14. The van der Waals surface area contributed by atoms with Crippen molar-refractivity contribution < 1.29 is 5.11 Å². The van der Waals surface area contributed by atoms with E-state index in [1.54, 1.807) is 6.33 Å². The largest absolute Gasteiger partial charge is 0.396 e. The van der Waals surface area contributed by atoms with Gasteiger partial charge in [-0.25, -0.2) is 9.97 Å². The molecule has 6 heteroatoms. The van der Waals surface area contributed by atoms with Crippen molar-refractivity contribution in [1.82, 2.24) is 19.5 Å². The molecule has 90 valence electrons. The van der Waals surface area contributed by atoms with E-state index in [0.29, 0.717) is 16.6 Å². The molecule has 0 aliphatic heterocycles. The highest BCUT2D eigenvalue weighted by molar-refractivity contribution is 7.71. The van der Waals surface area contributed by atoms with E-state index in [4.69, 9.17) is 12.2 Å². The summed E-state index contributed by atoms with van der Waals surface area (Å²) in [5.41, 5.74) is 1.70. The van der Waals surface area contributed by atoms with Gasteiger partial charge >= 0.3 is 0 Å². The maximum Gasteiger partial charge on any atom is 0.157 e. The number of aromatic nitrogens is 4. The van der Waals surface area contributed by atoms with Gasteiger partial charge in [0.25, 0.3) is 0 Å². The van der Waals surface area contributed by atoms with Crippen LogP contribution in [0.1, 0.15) is 25.3 Å². The molecule has 1 aliphatic carbocycles. The van der Waals surface area contributed by atoms with Gasteiger partial charge in [0.1, 0.15) is 11.2 Å². The molecular weight excluding hydrogens is 236 g/mol. The molecule has 0 radical (unpaired) electrons. The number of imidazole rings is 1. The first kappa shape index (κ1) is 10.9. The van der Waals surface area contributed by atoms with E-state index in [0.717, 1.165) is 30.4 Å². The number of aliphatic hydroxyl groups is 1. The van der Waals surface area contributed by atoms with Crippen LogP contribution in [0, 0.1) is 10.6 Å². The summed E-state index contributed by atoms with van der Waals surface area (Å²) in [4.78, 5) is 11.4. The van der Waals surface area contributed by atoms with Crippen LogP contribution in [0.4, 0.5) is 0 Å². The number of aromatic amines is 1. The van der Waals surface area contributed by atoms with Crippen molar-refractivity contribution in [2.24, 2.45) is 5.92 Å². The van der Waals surface area contributed by atoms with Gasteiger partial charge in [-0.1, -0.05) is 12.2 Å². The van der Waals surface area contributed by atoms with Crippen LogP contribution in [0.25, 0.3) is 11.2 Å². The van der Waals surface area contributed by atoms with Crippen molar-refractivity contribution in [1.29, 1.82) is 0 Å². The number of aliphatic hydroxyl groups excluding tert-OH is 1. The van der Waals surface area contributed by atoms with Gasteiger partial charge in [-0.3, -0.25) is 0 Å². The smallest absolute Gasteiger partial charge is 0.157 e. The van der Waals surface area contributed by atoms with Crippen LogP contribution in [0.2, 0.25) is 0 Å². The summed E-state index contributed by atoms with van der Waals surface area (Å²) in [6, 6.07) is 0.408. The van der Waals surface area contributed by atoms with Crippen molar-refractivity contribution in [2.45, 2.75) is 25.3 Å². The second-order valence-electron chi connectivity index (χ2n) is 4.57. The molecule has 0 spiro atoms. The van der Waals surface area contributed by atoms with Crippen LogP contribution >= 0.6 is 12.2 Å². The Labute approximate surface area is 104 Å². The Bertz CT molecular complexity index is 590. The highest BCUT2D eigenvalue weighted by atomic mass is 32.1. The molecular formula is C11H14N4OS. The topological polar surface area (TPSA) is 66.7 Å². The lowest BCUT2D eigenvalue weighted by Gasteiger charge is -2.12. The lowest BCUT2D eigenvalue weighted by atomic mass is 10.1. The fraction of sp³-hybridized carbons (Fsp3) is 0.545. The maximum atomic E-state index is 9.18. The number of H-pyrrole nitrogens is 1. The van der Waals surface area contributed by atoms with E-state index in [1.165, 1.54) is 0 Å². The Hall–Kier alpha value is -1.27. The number of fused-ring (bicyclic) bond motifs is 1. The Morgan fingerprint density at radius 3 is 3.12 bits per heavy atom. The monoisotopic (exact) mass is 250 g/mol. The molecule has 1 aliphatic rings. The van der Waals surface area contributed by atoms with Crippen molar-refractivity contribution in [3.8, 4) is 0 Å². The molecule has 2 heterocycles. The van der Waals surface area contributed by atoms with Gasteiger partial charge < -0.3 is 14.7 Å². The highest BCUT2D eigenvalue weighted by Gasteiger charge is 2.26. The number of nitrogens with zero attached hydrogens (tertiary/aromatic N) is 3. The summed E-state index contributed by atoms with van der Waals surface area (Å²) in [6.07, 6.45) is 6.60. The van der Waals surface area contributed by atoms with E-state index in [1.807, 2.05) is 6.33 Å². The van der Waals surface area contributed by atoms with Gasteiger partial charge in [-0.05, 0) is 25.2 Å². The van der Waals surface area contributed by atoms with Gasteiger partial charge in [0.05, 0.1) is 12.7 Å². The summed E-state index contributed by atoms with van der Waals surface area (Å²) in [7, 11) is 0. The lowest BCUT2D eigenvalue weighted by Crippen LogP contribution is -2.06.